The van der Waals surface area contributed by atoms with Crippen LogP contribution in [0.5, 0.6) is 0 Å². The van der Waals surface area contributed by atoms with Crippen molar-refractivity contribution in [2.75, 3.05) is 6.61 Å². The largest absolute Gasteiger partial charge is 0.377 e. The second-order valence-electron chi connectivity index (χ2n) is 4.55. The van der Waals surface area contributed by atoms with Crippen molar-refractivity contribution in [3.63, 3.8) is 0 Å². The van der Waals surface area contributed by atoms with Crippen LogP contribution < -0.4 is 11.3 Å². The maximum atomic E-state index is 5.72. The number of ether oxygens (including phenoxy) is 1. The molecule has 0 fully saturated rings. The third-order valence-electron chi connectivity index (χ3n) is 3.33. The van der Waals surface area contributed by atoms with Crippen LogP contribution in [0.25, 0.3) is 0 Å². The Hall–Kier alpha value is -0.900. The molecule has 2 atom stereocenters. The normalized spacial score (nSPS) is 14.4. The number of hydrazine groups is 1. The van der Waals surface area contributed by atoms with E-state index in [1.165, 1.54) is 11.1 Å². The Morgan fingerprint density at radius 2 is 1.72 bits per heavy atom. The van der Waals surface area contributed by atoms with Crippen LogP contribution in [0.4, 0.5) is 0 Å². The predicted octanol–water partition coefficient (Wildman–Crippen LogP) is 2.44. The molecule has 0 amide bonds. The van der Waals surface area contributed by atoms with Gasteiger partial charge in [-0.3, -0.25) is 11.3 Å². The van der Waals surface area contributed by atoms with E-state index in [0.717, 1.165) is 25.9 Å². The van der Waals surface area contributed by atoms with E-state index >= 15 is 0 Å². The van der Waals surface area contributed by atoms with E-state index in [4.69, 9.17) is 10.6 Å². The first-order valence-corrected chi connectivity index (χ1v) is 6.90. The van der Waals surface area contributed by atoms with Gasteiger partial charge in [0.25, 0.3) is 0 Å². The summed E-state index contributed by atoms with van der Waals surface area (Å²) in [4.78, 5) is 0. The fraction of sp³-hybridized carbons (Fsp3) is 0.600. The third-order valence-corrected chi connectivity index (χ3v) is 3.33. The summed E-state index contributed by atoms with van der Waals surface area (Å²) < 4.78 is 5.72. The van der Waals surface area contributed by atoms with Crippen molar-refractivity contribution in [2.24, 2.45) is 5.84 Å². The minimum absolute atomic E-state index is 0.169. The lowest BCUT2D eigenvalue weighted by atomic mass is 9.99. The molecule has 0 aliphatic carbocycles. The Morgan fingerprint density at radius 1 is 1.11 bits per heavy atom. The predicted molar refractivity (Wildman–Crippen MR) is 76.3 cm³/mol. The molecule has 0 aliphatic rings. The molecule has 3 heteroatoms. The molecule has 18 heavy (non-hydrogen) atoms. The highest BCUT2D eigenvalue weighted by Gasteiger charge is 2.19. The van der Waals surface area contributed by atoms with Gasteiger partial charge >= 0.3 is 0 Å². The average Bonchev–Trinajstić information content (AvgIpc) is 2.43. The monoisotopic (exact) mass is 250 g/mol. The maximum Gasteiger partial charge on any atom is 0.0741 e. The molecular weight excluding hydrogens is 224 g/mol. The van der Waals surface area contributed by atoms with Crippen LogP contribution >= 0.6 is 0 Å². The Morgan fingerprint density at radius 3 is 2.17 bits per heavy atom. The molecule has 0 saturated carbocycles. The molecule has 2 unspecified atom stereocenters. The Labute approximate surface area is 111 Å². The van der Waals surface area contributed by atoms with Crippen LogP contribution in [-0.4, -0.2) is 18.8 Å². The highest BCUT2D eigenvalue weighted by Crippen LogP contribution is 2.12. The Bertz CT molecular complexity index is 324. The number of benzene rings is 1. The van der Waals surface area contributed by atoms with Crippen LogP contribution in [0.2, 0.25) is 0 Å². The number of rotatable bonds is 8. The number of nitrogens with one attached hydrogen (secondary N) is 1. The van der Waals surface area contributed by atoms with E-state index in [1.807, 2.05) is 6.92 Å². The number of hydrogen-bond acceptors (Lipinski definition) is 3. The third kappa shape index (κ3) is 4.41. The zero-order valence-corrected chi connectivity index (χ0v) is 11.8. The summed E-state index contributed by atoms with van der Waals surface area (Å²) in [6, 6.07) is 8.90. The summed E-state index contributed by atoms with van der Waals surface area (Å²) in [7, 11) is 0. The summed E-state index contributed by atoms with van der Waals surface area (Å²) in [6.45, 7) is 7.05. The highest BCUT2D eigenvalue weighted by molar-refractivity contribution is 5.23. The number of hydrogen-bond donors (Lipinski definition) is 2. The van der Waals surface area contributed by atoms with Crippen molar-refractivity contribution in [3.8, 4) is 0 Å². The topological polar surface area (TPSA) is 47.3 Å². The number of aryl methyl sites for hydroxylation is 1. The molecule has 0 spiro atoms. The zero-order chi connectivity index (χ0) is 13.4. The van der Waals surface area contributed by atoms with Crippen molar-refractivity contribution in [1.82, 2.24) is 5.43 Å². The van der Waals surface area contributed by atoms with Crippen molar-refractivity contribution < 1.29 is 4.74 Å². The summed E-state index contributed by atoms with van der Waals surface area (Å²) in [6.07, 6.45) is 3.12. The lowest BCUT2D eigenvalue weighted by molar-refractivity contribution is 0.0319. The van der Waals surface area contributed by atoms with Gasteiger partial charge in [-0.25, -0.2) is 0 Å². The van der Waals surface area contributed by atoms with Crippen LogP contribution in [0, 0.1) is 0 Å². The van der Waals surface area contributed by atoms with E-state index < -0.39 is 0 Å². The lowest BCUT2D eigenvalue weighted by Gasteiger charge is -2.25. The summed E-state index contributed by atoms with van der Waals surface area (Å²) in [5, 5.41) is 0. The van der Waals surface area contributed by atoms with Gasteiger partial charge in [-0.2, -0.15) is 0 Å². The molecule has 1 rings (SSSR count). The Balaban J connectivity index is 2.65. The first-order chi connectivity index (χ1) is 8.74. The number of nitrogens with two attached hydrogens (primary N) is 1. The molecule has 3 nitrogen and oxygen atoms in total. The smallest absolute Gasteiger partial charge is 0.0741 e. The Kier molecular flexibility index (Phi) is 6.94. The standard InChI is InChI=1S/C15H26N2O/c1-4-12-7-9-13(10-8-12)11-14(17-16)15(5-2)18-6-3/h7-10,14-15,17H,4-6,11,16H2,1-3H3. The van der Waals surface area contributed by atoms with E-state index in [1.54, 1.807) is 0 Å². The fourth-order valence-corrected chi connectivity index (χ4v) is 2.20. The van der Waals surface area contributed by atoms with Gasteiger partial charge in [-0.1, -0.05) is 38.1 Å². The average molecular weight is 250 g/mol. The molecule has 0 saturated heterocycles. The molecule has 0 aliphatic heterocycles. The van der Waals surface area contributed by atoms with Gasteiger partial charge in [0, 0.05) is 6.61 Å². The molecule has 1 aromatic carbocycles. The molecule has 1 aromatic rings. The van der Waals surface area contributed by atoms with Crippen LogP contribution in [0.3, 0.4) is 0 Å². The van der Waals surface area contributed by atoms with Crippen LogP contribution in [-0.2, 0) is 17.6 Å². The van der Waals surface area contributed by atoms with Gasteiger partial charge in [0.05, 0.1) is 12.1 Å². The van der Waals surface area contributed by atoms with E-state index in [9.17, 15) is 0 Å². The second-order valence-corrected chi connectivity index (χ2v) is 4.55. The van der Waals surface area contributed by atoms with Gasteiger partial charge in [0.1, 0.15) is 0 Å². The van der Waals surface area contributed by atoms with Crippen molar-refractivity contribution in [1.29, 1.82) is 0 Å². The van der Waals surface area contributed by atoms with Crippen molar-refractivity contribution in [3.05, 3.63) is 35.4 Å². The van der Waals surface area contributed by atoms with Gasteiger partial charge < -0.3 is 4.74 Å². The first-order valence-electron chi connectivity index (χ1n) is 6.90. The first kappa shape index (κ1) is 15.2. The van der Waals surface area contributed by atoms with Crippen molar-refractivity contribution in [2.45, 2.75) is 52.2 Å². The maximum absolute atomic E-state index is 5.72. The lowest BCUT2D eigenvalue weighted by Crippen LogP contribution is -2.46. The van der Waals surface area contributed by atoms with E-state index in [0.29, 0.717) is 0 Å². The molecule has 0 aromatic heterocycles. The summed E-state index contributed by atoms with van der Waals surface area (Å²) in [5.41, 5.74) is 5.56. The molecule has 0 bridgehead atoms. The SMILES string of the molecule is CCOC(CC)C(Cc1ccc(CC)cc1)NN. The van der Waals surface area contributed by atoms with Crippen molar-refractivity contribution >= 4 is 0 Å². The molecule has 3 N–H and O–H groups in total. The highest BCUT2D eigenvalue weighted by atomic mass is 16.5. The zero-order valence-electron chi connectivity index (χ0n) is 11.8. The summed E-state index contributed by atoms with van der Waals surface area (Å²) >= 11 is 0. The molecule has 102 valence electrons. The van der Waals surface area contributed by atoms with Gasteiger partial charge in [0.15, 0.2) is 0 Å². The molecular formula is C15H26N2O. The fourth-order valence-electron chi connectivity index (χ4n) is 2.20. The van der Waals surface area contributed by atoms with E-state index in [2.05, 4.69) is 43.5 Å². The quantitative estimate of drug-likeness (QED) is 0.550. The van der Waals surface area contributed by atoms with Gasteiger partial charge in [0.2, 0.25) is 0 Å². The minimum Gasteiger partial charge on any atom is -0.377 e. The minimum atomic E-state index is 0.169. The molecule has 0 heterocycles. The van der Waals surface area contributed by atoms with Gasteiger partial charge in [-0.05, 0) is 37.3 Å². The van der Waals surface area contributed by atoms with Crippen LogP contribution in [0.1, 0.15) is 38.3 Å². The van der Waals surface area contributed by atoms with E-state index in [-0.39, 0.29) is 12.1 Å². The van der Waals surface area contributed by atoms with Gasteiger partial charge in [-0.15, -0.1) is 0 Å². The second kappa shape index (κ2) is 8.25. The molecule has 0 radical (unpaired) electrons. The summed E-state index contributed by atoms with van der Waals surface area (Å²) in [5.74, 6) is 5.65. The van der Waals surface area contributed by atoms with Crippen LogP contribution in [0.15, 0.2) is 24.3 Å².